The molecule has 0 unspecified atom stereocenters. The van der Waals surface area contributed by atoms with Crippen molar-refractivity contribution < 1.29 is 10.2 Å². The zero-order valence-electron chi connectivity index (χ0n) is 17.2. The maximum Gasteiger partial charge on any atom is 0.114 e. The minimum absolute atomic E-state index is 0.0688. The fraction of sp³-hybridized carbons (Fsp3) is 0.0714. The van der Waals surface area contributed by atoms with Gasteiger partial charge in [-0.2, -0.15) is 0 Å². The Morgan fingerprint density at radius 1 is 0.700 bits per heavy atom. The van der Waals surface area contributed by atoms with E-state index in [9.17, 15) is 10.2 Å². The van der Waals surface area contributed by atoms with Gasteiger partial charge in [-0.25, -0.2) is 0 Å². The van der Waals surface area contributed by atoms with Crippen molar-refractivity contribution >= 4 is 0 Å². The highest BCUT2D eigenvalue weighted by atomic mass is 16.3. The van der Waals surface area contributed by atoms with E-state index in [1.165, 1.54) is 6.08 Å². The van der Waals surface area contributed by atoms with Crippen LogP contribution in [0, 0.1) is 0 Å². The number of allylic oxidation sites excluding steroid dienone is 10. The summed E-state index contributed by atoms with van der Waals surface area (Å²) >= 11 is 0. The van der Waals surface area contributed by atoms with Gasteiger partial charge in [0.25, 0.3) is 0 Å². The van der Waals surface area contributed by atoms with Gasteiger partial charge in [-0.05, 0) is 58.6 Å². The van der Waals surface area contributed by atoms with Crippen molar-refractivity contribution in [3.63, 3.8) is 0 Å². The third-order valence-electron chi connectivity index (χ3n) is 5.41. The third-order valence-corrected chi connectivity index (χ3v) is 5.41. The Bertz CT molecular complexity index is 1070. The van der Waals surface area contributed by atoms with Crippen LogP contribution < -0.4 is 0 Å². The minimum atomic E-state index is -0.694. The van der Waals surface area contributed by atoms with Gasteiger partial charge in [0, 0.05) is 0 Å². The van der Waals surface area contributed by atoms with Crippen molar-refractivity contribution in [2.75, 3.05) is 0 Å². The molecule has 1 aliphatic carbocycles. The molecule has 0 bridgehead atoms. The highest BCUT2D eigenvalue weighted by Crippen LogP contribution is 2.56. The van der Waals surface area contributed by atoms with E-state index in [2.05, 4.69) is 44.0 Å². The van der Waals surface area contributed by atoms with Crippen LogP contribution in [0.3, 0.4) is 0 Å². The lowest BCUT2D eigenvalue weighted by Crippen LogP contribution is -2.29. The zero-order valence-corrected chi connectivity index (χ0v) is 17.2. The van der Waals surface area contributed by atoms with E-state index in [1.807, 2.05) is 42.5 Å². The summed E-state index contributed by atoms with van der Waals surface area (Å²) in [6.45, 7) is 13.4. The first-order valence-electron chi connectivity index (χ1n) is 9.76. The maximum atomic E-state index is 9.98. The van der Waals surface area contributed by atoms with Crippen LogP contribution in [0.4, 0.5) is 0 Å². The van der Waals surface area contributed by atoms with Gasteiger partial charge >= 0.3 is 0 Å². The van der Waals surface area contributed by atoms with Crippen LogP contribution in [0.15, 0.2) is 133 Å². The Morgan fingerprint density at radius 2 is 1.17 bits per heavy atom. The number of benzene rings is 2. The van der Waals surface area contributed by atoms with E-state index in [-0.39, 0.29) is 11.5 Å². The van der Waals surface area contributed by atoms with E-state index in [1.54, 1.807) is 25.2 Å². The molecule has 1 aliphatic rings. The fourth-order valence-electron chi connectivity index (χ4n) is 4.17. The summed E-state index contributed by atoms with van der Waals surface area (Å²) in [5.74, 6) is 0.275. The summed E-state index contributed by atoms with van der Waals surface area (Å²) in [4.78, 5) is 0. The molecule has 30 heavy (non-hydrogen) atoms. The lowest BCUT2D eigenvalue weighted by molar-refractivity contribution is 0.414. The molecule has 0 atom stereocenters. The molecule has 0 aliphatic heterocycles. The third kappa shape index (κ3) is 3.37. The van der Waals surface area contributed by atoms with Crippen molar-refractivity contribution in [2.45, 2.75) is 12.3 Å². The van der Waals surface area contributed by atoms with Gasteiger partial charge in [0.2, 0.25) is 0 Å². The second kappa shape index (κ2) is 8.71. The standard InChI is InChI=1S/C28H26O2/c1-5-21(17-16-20(4)29)28(22(6-2)18-19-23(30)7-3)26-14-10-8-12-24(26)25-13-9-11-15-27(25)28/h5-19,29-30H,1-3H2,4H3/b20-16+,21-17+,22-18+,23-19+. The van der Waals surface area contributed by atoms with Crippen LogP contribution in [0.1, 0.15) is 18.1 Å². The van der Waals surface area contributed by atoms with Gasteiger partial charge in [-0.1, -0.05) is 92.6 Å². The van der Waals surface area contributed by atoms with E-state index in [0.717, 1.165) is 33.4 Å². The molecule has 0 spiro atoms. The molecule has 0 heterocycles. The average Bonchev–Trinajstić information content (AvgIpc) is 3.06. The lowest BCUT2D eigenvalue weighted by Gasteiger charge is -2.35. The molecule has 0 amide bonds. The summed E-state index contributed by atoms with van der Waals surface area (Å²) in [6, 6.07) is 16.5. The van der Waals surface area contributed by atoms with Crippen LogP contribution in [-0.4, -0.2) is 10.2 Å². The number of aliphatic hydroxyl groups is 2. The highest BCUT2D eigenvalue weighted by Gasteiger charge is 2.46. The summed E-state index contributed by atoms with van der Waals surface area (Å²) in [5, 5.41) is 19.8. The molecule has 2 aromatic carbocycles. The van der Waals surface area contributed by atoms with Crippen molar-refractivity contribution in [1.29, 1.82) is 0 Å². The highest BCUT2D eigenvalue weighted by molar-refractivity contribution is 5.87. The number of aliphatic hydroxyl groups excluding tert-OH is 2. The first-order chi connectivity index (χ1) is 14.5. The Labute approximate surface area is 178 Å². The number of fused-ring (bicyclic) bond motifs is 3. The molecule has 2 aromatic rings. The molecule has 0 aromatic heterocycles. The summed E-state index contributed by atoms with van der Waals surface area (Å²) in [5.41, 5.74) is 5.54. The SMILES string of the molecule is C=C/C(O)=C\C=C(/C=C)C1(/C(C=C)=C/C=C(\C)O)c2ccccc2-c2ccccc21. The smallest absolute Gasteiger partial charge is 0.114 e. The monoisotopic (exact) mass is 394 g/mol. The predicted molar refractivity (Wildman–Crippen MR) is 127 cm³/mol. The lowest BCUT2D eigenvalue weighted by atomic mass is 9.66. The van der Waals surface area contributed by atoms with Gasteiger partial charge in [0.05, 0.1) is 11.2 Å². The quantitative estimate of drug-likeness (QED) is 0.383. The summed E-state index contributed by atoms with van der Waals surface area (Å²) < 4.78 is 0. The van der Waals surface area contributed by atoms with Crippen LogP contribution in [0.2, 0.25) is 0 Å². The molecule has 2 nitrogen and oxygen atoms in total. The molecule has 0 fully saturated rings. The van der Waals surface area contributed by atoms with Gasteiger partial charge in [-0.15, -0.1) is 0 Å². The van der Waals surface area contributed by atoms with Crippen LogP contribution in [-0.2, 0) is 5.41 Å². The molecule has 2 heteroatoms. The largest absolute Gasteiger partial charge is 0.513 e. The van der Waals surface area contributed by atoms with Crippen LogP contribution in [0.25, 0.3) is 11.1 Å². The van der Waals surface area contributed by atoms with Crippen molar-refractivity contribution in [3.05, 3.63) is 145 Å². The Morgan fingerprint density at radius 3 is 1.60 bits per heavy atom. The topological polar surface area (TPSA) is 40.5 Å². The van der Waals surface area contributed by atoms with Crippen molar-refractivity contribution in [3.8, 4) is 11.1 Å². The van der Waals surface area contributed by atoms with Gasteiger partial charge in [0.15, 0.2) is 0 Å². The molecular formula is C28H26O2. The number of hydrogen-bond acceptors (Lipinski definition) is 2. The number of hydrogen-bond donors (Lipinski definition) is 2. The zero-order chi connectivity index (χ0) is 21.7. The Balaban J connectivity index is 2.50. The summed E-state index contributed by atoms with van der Waals surface area (Å²) in [6.07, 6.45) is 12.0. The fourth-order valence-corrected chi connectivity index (χ4v) is 4.17. The first-order valence-corrected chi connectivity index (χ1v) is 9.76. The molecule has 0 radical (unpaired) electrons. The average molecular weight is 395 g/mol. The molecular weight excluding hydrogens is 368 g/mol. The van der Waals surface area contributed by atoms with E-state index in [0.29, 0.717) is 0 Å². The normalized spacial score (nSPS) is 15.9. The second-order valence-corrected chi connectivity index (χ2v) is 7.10. The van der Waals surface area contributed by atoms with Crippen LogP contribution in [0.5, 0.6) is 0 Å². The molecule has 0 saturated heterocycles. The van der Waals surface area contributed by atoms with Crippen molar-refractivity contribution in [2.24, 2.45) is 0 Å². The molecule has 2 N–H and O–H groups in total. The minimum Gasteiger partial charge on any atom is -0.513 e. The van der Waals surface area contributed by atoms with E-state index in [4.69, 9.17) is 0 Å². The van der Waals surface area contributed by atoms with Gasteiger partial charge in [-0.3, -0.25) is 0 Å². The molecule has 3 rings (SSSR count). The van der Waals surface area contributed by atoms with Gasteiger partial charge < -0.3 is 10.2 Å². The summed E-state index contributed by atoms with van der Waals surface area (Å²) in [7, 11) is 0. The van der Waals surface area contributed by atoms with E-state index >= 15 is 0 Å². The molecule has 0 saturated carbocycles. The van der Waals surface area contributed by atoms with E-state index < -0.39 is 5.41 Å². The maximum absolute atomic E-state index is 9.98. The van der Waals surface area contributed by atoms with Crippen LogP contribution >= 0.6 is 0 Å². The number of rotatable bonds is 7. The Kier molecular flexibility index (Phi) is 6.08. The van der Waals surface area contributed by atoms with Gasteiger partial charge in [0.1, 0.15) is 5.76 Å². The van der Waals surface area contributed by atoms with Crippen molar-refractivity contribution in [1.82, 2.24) is 0 Å². The molecule has 150 valence electrons. The first kappa shape index (κ1) is 20.9. The Hall–Kier alpha value is -3.78. The predicted octanol–water partition coefficient (Wildman–Crippen LogP) is 7.27. The second-order valence-electron chi connectivity index (χ2n) is 7.10.